The van der Waals surface area contributed by atoms with Crippen LogP contribution in [0.4, 0.5) is 0 Å². The van der Waals surface area contributed by atoms with Gasteiger partial charge in [0.25, 0.3) is 0 Å². The van der Waals surface area contributed by atoms with Gasteiger partial charge in [-0.1, -0.05) is 27.2 Å². The normalized spacial score (nSPS) is 38.5. The first-order valence-electron chi connectivity index (χ1n) is 7.98. The van der Waals surface area contributed by atoms with Gasteiger partial charge in [0.1, 0.15) is 0 Å². The minimum atomic E-state index is -2.84. The summed E-state index contributed by atoms with van der Waals surface area (Å²) in [4.78, 5) is 2.51. The van der Waals surface area contributed by atoms with Gasteiger partial charge < -0.3 is 5.32 Å². The van der Waals surface area contributed by atoms with Crippen LogP contribution < -0.4 is 5.32 Å². The molecular formula is C15H30N2O2S. The molecule has 0 radical (unpaired) electrons. The summed E-state index contributed by atoms with van der Waals surface area (Å²) in [6, 6.07) is 0.955. The minimum absolute atomic E-state index is 0.165. The zero-order chi connectivity index (χ0) is 15.0. The topological polar surface area (TPSA) is 49.4 Å². The minimum Gasteiger partial charge on any atom is -0.311 e. The van der Waals surface area contributed by atoms with E-state index in [0.717, 1.165) is 19.5 Å². The van der Waals surface area contributed by atoms with Crippen LogP contribution in [-0.2, 0) is 9.84 Å². The lowest BCUT2D eigenvalue weighted by Crippen LogP contribution is -2.65. The summed E-state index contributed by atoms with van der Waals surface area (Å²) in [6.07, 6.45) is 3.13. The molecule has 2 heterocycles. The Morgan fingerprint density at radius 1 is 1.40 bits per heavy atom. The summed E-state index contributed by atoms with van der Waals surface area (Å²) >= 11 is 0. The summed E-state index contributed by atoms with van der Waals surface area (Å²) in [5.74, 6) is 1.24. The van der Waals surface area contributed by atoms with Crippen molar-refractivity contribution in [3.05, 3.63) is 0 Å². The van der Waals surface area contributed by atoms with Gasteiger partial charge in [-0.25, -0.2) is 8.42 Å². The van der Waals surface area contributed by atoms with Crippen molar-refractivity contribution in [3.8, 4) is 0 Å². The molecule has 0 saturated carbocycles. The van der Waals surface area contributed by atoms with Crippen LogP contribution in [-0.4, -0.2) is 55.5 Å². The van der Waals surface area contributed by atoms with Crippen molar-refractivity contribution in [2.24, 2.45) is 5.92 Å². The van der Waals surface area contributed by atoms with E-state index < -0.39 is 9.84 Å². The van der Waals surface area contributed by atoms with Gasteiger partial charge in [-0.15, -0.1) is 0 Å². The molecule has 0 amide bonds. The maximum absolute atomic E-state index is 11.9. The smallest absolute Gasteiger partial charge is 0.152 e. The lowest BCUT2D eigenvalue weighted by Gasteiger charge is -2.50. The van der Waals surface area contributed by atoms with Crippen molar-refractivity contribution >= 4 is 9.84 Å². The van der Waals surface area contributed by atoms with E-state index in [1.165, 1.54) is 12.8 Å². The zero-order valence-corrected chi connectivity index (χ0v) is 14.2. The molecule has 0 bridgehead atoms. The van der Waals surface area contributed by atoms with Crippen molar-refractivity contribution in [1.82, 2.24) is 10.2 Å². The Morgan fingerprint density at radius 3 is 2.60 bits per heavy atom. The number of hydrogen-bond acceptors (Lipinski definition) is 4. The summed E-state index contributed by atoms with van der Waals surface area (Å²) < 4.78 is 23.9. The van der Waals surface area contributed by atoms with E-state index in [0.29, 0.717) is 29.5 Å². The lowest BCUT2D eigenvalue weighted by atomic mass is 9.89. The molecule has 2 fully saturated rings. The second kappa shape index (κ2) is 5.93. The number of hydrogen-bond donors (Lipinski definition) is 1. The highest BCUT2D eigenvalue weighted by Crippen LogP contribution is 2.34. The molecule has 2 aliphatic rings. The molecule has 118 valence electrons. The summed E-state index contributed by atoms with van der Waals surface area (Å²) in [6.45, 7) is 10.8. The highest BCUT2D eigenvalue weighted by molar-refractivity contribution is 7.91. The van der Waals surface area contributed by atoms with E-state index in [4.69, 9.17) is 0 Å². The molecule has 5 heteroatoms. The number of piperazine rings is 1. The molecule has 1 N–H and O–H groups in total. The van der Waals surface area contributed by atoms with Crippen molar-refractivity contribution in [2.45, 2.75) is 64.6 Å². The number of nitrogens with zero attached hydrogens (tertiary/aromatic N) is 1. The Kier molecular flexibility index (Phi) is 4.82. The molecule has 2 saturated heterocycles. The SMILES string of the molecule is CCCC1CN(C2(C)CCS(=O)(=O)C2)C(C(C)C)CN1. The molecule has 3 unspecified atom stereocenters. The Hall–Kier alpha value is -0.130. The zero-order valence-electron chi connectivity index (χ0n) is 13.4. The summed E-state index contributed by atoms with van der Waals surface area (Å²) in [5.41, 5.74) is -0.165. The van der Waals surface area contributed by atoms with E-state index in [1.807, 2.05) is 0 Å². The monoisotopic (exact) mass is 302 g/mol. The fourth-order valence-electron chi connectivity index (χ4n) is 3.81. The van der Waals surface area contributed by atoms with Crippen LogP contribution in [0, 0.1) is 5.92 Å². The van der Waals surface area contributed by atoms with Crippen molar-refractivity contribution in [1.29, 1.82) is 0 Å². The molecule has 0 spiro atoms. The van der Waals surface area contributed by atoms with Crippen molar-refractivity contribution in [3.63, 3.8) is 0 Å². The van der Waals surface area contributed by atoms with E-state index >= 15 is 0 Å². The first kappa shape index (κ1) is 16.2. The second-order valence-electron chi connectivity index (χ2n) is 7.20. The first-order chi connectivity index (χ1) is 9.27. The van der Waals surface area contributed by atoms with Crippen LogP contribution in [0.5, 0.6) is 0 Å². The molecule has 3 atom stereocenters. The average Bonchev–Trinajstić information content (AvgIpc) is 2.65. The van der Waals surface area contributed by atoms with E-state index in [-0.39, 0.29) is 5.54 Å². The summed E-state index contributed by atoms with van der Waals surface area (Å²) in [5, 5.41) is 3.65. The Labute approximate surface area is 124 Å². The number of rotatable bonds is 4. The fourth-order valence-corrected chi connectivity index (χ4v) is 5.97. The molecule has 0 aromatic carbocycles. The number of sulfone groups is 1. The Bertz CT molecular complexity index is 435. The molecule has 2 aliphatic heterocycles. The maximum Gasteiger partial charge on any atom is 0.152 e. The average molecular weight is 302 g/mol. The largest absolute Gasteiger partial charge is 0.311 e. The van der Waals surface area contributed by atoms with Crippen LogP contribution in [0.15, 0.2) is 0 Å². The highest BCUT2D eigenvalue weighted by Gasteiger charge is 2.47. The second-order valence-corrected chi connectivity index (χ2v) is 9.38. The van der Waals surface area contributed by atoms with Crippen LogP contribution in [0.2, 0.25) is 0 Å². The van der Waals surface area contributed by atoms with E-state index in [1.54, 1.807) is 0 Å². The maximum atomic E-state index is 11.9. The molecule has 0 aromatic rings. The standard InChI is InChI=1S/C15H30N2O2S/c1-5-6-13-10-17(14(9-16-13)12(2)3)15(4)7-8-20(18,19)11-15/h12-14,16H,5-11H2,1-4H3. The summed E-state index contributed by atoms with van der Waals surface area (Å²) in [7, 11) is -2.84. The van der Waals surface area contributed by atoms with Gasteiger partial charge in [0.05, 0.1) is 11.5 Å². The van der Waals surface area contributed by atoms with Crippen LogP contribution in [0.1, 0.15) is 47.0 Å². The van der Waals surface area contributed by atoms with E-state index in [2.05, 4.69) is 37.9 Å². The van der Waals surface area contributed by atoms with E-state index in [9.17, 15) is 8.42 Å². The van der Waals surface area contributed by atoms with Crippen LogP contribution in [0.25, 0.3) is 0 Å². The highest BCUT2D eigenvalue weighted by atomic mass is 32.2. The van der Waals surface area contributed by atoms with Gasteiger partial charge in [-0.2, -0.15) is 0 Å². The Morgan fingerprint density at radius 2 is 2.10 bits per heavy atom. The Balaban J connectivity index is 2.19. The number of nitrogens with one attached hydrogen (secondary N) is 1. The lowest BCUT2D eigenvalue weighted by molar-refractivity contribution is 0.0123. The van der Waals surface area contributed by atoms with Crippen molar-refractivity contribution in [2.75, 3.05) is 24.6 Å². The molecule has 0 aromatic heterocycles. The van der Waals surface area contributed by atoms with Crippen molar-refractivity contribution < 1.29 is 8.42 Å². The van der Waals surface area contributed by atoms with Gasteiger partial charge in [-0.3, -0.25) is 4.90 Å². The predicted octanol–water partition coefficient (Wildman–Crippen LogP) is 1.66. The fraction of sp³-hybridized carbons (Fsp3) is 1.00. The molecule has 0 aliphatic carbocycles. The van der Waals surface area contributed by atoms with Gasteiger partial charge in [0, 0.05) is 30.7 Å². The van der Waals surface area contributed by atoms with Gasteiger partial charge in [0.2, 0.25) is 0 Å². The third-order valence-corrected chi connectivity index (χ3v) is 6.90. The quantitative estimate of drug-likeness (QED) is 0.858. The van der Waals surface area contributed by atoms with Gasteiger partial charge >= 0.3 is 0 Å². The van der Waals surface area contributed by atoms with Gasteiger partial charge in [0.15, 0.2) is 9.84 Å². The first-order valence-corrected chi connectivity index (χ1v) is 9.80. The van der Waals surface area contributed by atoms with Gasteiger partial charge in [-0.05, 0) is 25.7 Å². The third-order valence-electron chi connectivity index (χ3n) is 5.02. The third kappa shape index (κ3) is 3.37. The molecule has 4 nitrogen and oxygen atoms in total. The van der Waals surface area contributed by atoms with Crippen LogP contribution >= 0.6 is 0 Å². The molecule has 20 heavy (non-hydrogen) atoms. The molecular weight excluding hydrogens is 272 g/mol. The molecule has 2 rings (SSSR count). The predicted molar refractivity (Wildman–Crippen MR) is 83.7 cm³/mol. The van der Waals surface area contributed by atoms with Crippen LogP contribution in [0.3, 0.4) is 0 Å².